The highest BCUT2D eigenvalue weighted by Gasteiger charge is 2.07. The van der Waals surface area contributed by atoms with Gasteiger partial charge in [-0.05, 0) is 13.0 Å². The van der Waals surface area contributed by atoms with Gasteiger partial charge in [0.05, 0.1) is 17.4 Å². The minimum absolute atomic E-state index is 0.147. The number of rotatable bonds is 4. The van der Waals surface area contributed by atoms with Gasteiger partial charge in [0.15, 0.2) is 0 Å². The zero-order chi connectivity index (χ0) is 12.3. The predicted molar refractivity (Wildman–Crippen MR) is 71.6 cm³/mol. The molecule has 1 heterocycles. The Morgan fingerprint density at radius 1 is 1.41 bits per heavy atom. The van der Waals surface area contributed by atoms with Crippen LogP contribution in [0.5, 0.6) is 0 Å². The molecule has 1 N–H and O–H groups in total. The standard InChI is InChI=1S/C12H15N3OS/c1-9(8-17(2)16)14-12-7-13-15-11-6-4-3-5-10(11)12/h3-7,9H,8H2,1-2H3,(H,14,15). The van der Waals surface area contributed by atoms with Crippen LogP contribution in [-0.4, -0.2) is 32.5 Å². The lowest BCUT2D eigenvalue weighted by molar-refractivity contribution is 0.683. The second-order valence-corrected chi connectivity index (χ2v) is 5.54. The van der Waals surface area contributed by atoms with Gasteiger partial charge in [0, 0.05) is 34.2 Å². The third-order valence-electron chi connectivity index (χ3n) is 2.43. The first kappa shape index (κ1) is 12.0. The molecule has 0 aliphatic rings. The fraction of sp³-hybridized carbons (Fsp3) is 0.333. The monoisotopic (exact) mass is 249 g/mol. The average molecular weight is 249 g/mol. The van der Waals surface area contributed by atoms with Gasteiger partial charge in [0.2, 0.25) is 0 Å². The first-order valence-electron chi connectivity index (χ1n) is 5.44. The van der Waals surface area contributed by atoms with E-state index in [0.29, 0.717) is 5.75 Å². The maximum Gasteiger partial charge on any atom is 0.0950 e. The molecule has 4 nitrogen and oxygen atoms in total. The third kappa shape index (κ3) is 3.00. The normalized spacial score (nSPS) is 14.5. The molecule has 17 heavy (non-hydrogen) atoms. The van der Waals surface area contributed by atoms with E-state index in [1.165, 1.54) is 0 Å². The van der Waals surface area contributed by atoms with Crippen LogP contribution in [0, 0.1) is 0 Å². The van der Waals surface area contributed by atoms with Gasteiger partial charge in [0.1, 0.15) is 0 Å². The number of hydrogen-bond donors (Lipinski definition) is 1. The van der Waals surface area contributed by atoms with Crippen LogP contribution in [0.25, 0.3) is 10.9 Å². The molecule has 1 aromatic carbocycles. The van der Waals surface area contributed by atoms with Crippen LogP contribution in [0.4, 0.5) is 5.69 Å². The van der Waals surface area contributed by atoms with Crippen molar-refractivity contribution in [2.45, 2.75) is 13.0 Å². The molecule has 5 heteroatoms. The van der Waals surface area contributed by atoms with Crippen molar-refractivity contribution in [2.24, 2.45) is 0 Å². The summed E-state index contributed by atoms with van der Waals surface area (Å²) < 4.78 is 11.2. The number of benzene rings is 1. The van der Waals surface area contributed by atoms with E-state index in [0.717, 1.165) is 16.6 Å². The summed E-state index contributed by atoms with van der Waals surface area (Å²) in [7, 11) is -0.802. The number of aromatic nitrogens is 2. The summed E-state index contributed by atoms with van der Waals surface area (Å²) in [6.45, 7) is 2.01. The molecule has 0 aliphatic carbocycles. The summed E-state index contributed by atoms with van der Waals surface area (Å²) in [5.41, 5.74) is 1.80. The fourth-order valence-electron chi connectivity index (χ4n) is 1.78. The van der Waals surface area contributed by atoms with Gasteiger partial charge in [-0.15, -0.1) is 0 Å². The molecule has 0 bridgehead atoms. The summed E-state index contributed by atoms with van der Waals surface area (Å²) in [5.74, 6) is 0.622. The van der Waals surface area contributed by atoms with E-state index in [1.54, 1.807) is 12.5 Å². The highest BCUT2D eigenvalue weighted by atomic mass is 32.2. The number of hydrogen-bond acceptors (Lipinski definition) is 4. The number of fused-ring (bicyclic) bond motifs is 1. The van der Waals surface area contributed by atoms with Gasteiger partial charge in [0.25, 0.3) is 0 Å². The van der Waals surface area contributed by atoms with Crippen LogP contribution in [-0.2, 0) is 10.8 Å². The lowest BCUT2D eigenvalue weighted by Crippen LogP contribution is -2.22. The van der Waals surface area contributed by atoms with Crippen molar-refractivity contribution in [3.63, 3.8) is 0 Å². The highest BCUT2D eigenvalue weighted by Crippen LogP contribution is 2.20. The van der Waals surface area contributed by atoms with E-state index < -0.39 is 10.8 Å². The SMILES string of the molecule is CC(CS(C)=O)Nc1cnnc2ccccc12. The highest BCUT2D eigenvalue weighted by molar-refractivity contribution is 7.84. The lowest BCUT2D eigenvalue weighted by Gasteiger charge is -2.14. The molecule has 0 amide bonds. The Bertz CT molecular complexity index is 539. The first-order chi connectivity index (χ1) is 8.16. The molecule has 0 spiro atoms. The van der Waals surface area contributed by atoms with Gasteiger partial charge in [-0.2, -0.15) is 10.2 Å². The quantitative estimate of drug-likeness (QED) is 0.898. The van der Waals surface area contributed by atoms with Crippen molar-refractivity contribution in [2.75, 3.05) is 17.3 Å². The molecule has 0 fully saturated rings. The van der Waals surface area contributed by atoms with Crippen molar-refractivity contribution in [1.29, 1.82) is 0 Å². The smallest absolute Gasteiger partial charge is 0.0950 e. The number of nitrogens with zero attached hydrogens (tertiary/aromatic N) is 2. The van der Waals surface area contributed by atoms with E-state index in [1.807, 2.05) is 31.2 Å². The Kier molecular flexibility index (Phi) is 3.68. The molecule has 0 aliphatic heterocycles. The Labute approximate surface area is 103 Å². The number of anilines is 1. The maximum atomic E-state index is 11.2. The Hall–Kier alpha value is -1.49. The minimum atomic E-state index is -0.802. The van der Waals surface area contributed by atoms with Crippen LogP contribution < -0.4 is 5.32 Å². The van der Waals surface area contributed by atoms with E-state index >= 15 is 0 Å². The van der Waals surface area contributed by atoms with Crippen LogP contribution in [0.15, 0.2) is 30.5 Å². The Morgan fingerprint density at radius 2 is 2.18 bits per heavy atom. The van der Waals surface area contributed by atoms with Crippen molar-refractivity contribution in [3.05, 3.63) is 30.5 Å². The van der Waals surface area contributed by atoms with Crippen molar-refractivity contribution >= 4 is 27.4 Å². The Morgan fingerprint density at radius 3 is 2.94 bits per heavy atom. The van der Waals surface area contributed by atoms with Crippen molar-refractivity contribution in [3.8, 4) is 0 Å². The van der Waals surface area contributed by atoms with Gasteiger partial charge in [-0.25, -0.2) is 0 Å². The summed E-state index contributed by atoms with van der Waals surface area (Å²) >= 11 is 0. The predicted octanol–water partition coefficient (Wildman–Crippen LogP) is 1.81. The van der Waals surface area contributed by atoms with Gasteiger partial charge in [-0.3, -0.25) is 4.21 Å². The molecule has 2 unspecified atom stereocenters. The summed E-state index contributed by atoms with van der Waals surface area (Å²) in [6.07, 6.45) is 3.42. The van der Waals surface area contributed by atoms with Gasteiger partial charge in [-0.1, -0.05) is 18.2 Å². The second kappa shape index (κ2) is 5.23. The number of nitrogens with one attached hydrogen (secondary N) is 1. The second-order valence-electron chi connectivity index (χ2n) is 4.06. The third-order valence-corrected chi connectivity index (χ3v) is 3.40. The summed E-state index contributed by atoms with van der Waals surface area (Å²) in [5, 5.41) is 12.4. The average Bonchev–Trinajstić information content (AvgIpc) is 2.28. The molecular weight excluding hydrogens is 234 g/mol. The Balaban J connectivity index is 2.26. The molecule has 0 radical (unpaired) electrons. The molecule has 2 atom stereocenters. The van der Waals surface area contributed by atoms with E-state index in [2.05, 4.69) is 15.5 Å². The van der Waals surface area contributed by atoms with Crippen molar-refractivity contribution < 1.29 is 4.21 Å². The van der Waals surface area contributed by atoms with Crippen LogP contribution in [0.1, 0.15) is 6.92 Å². The van der Waals surface area contributed by atoms with Gasteiger partial charge >= 0.3 is 0 Å². The molecule has 0 saturated heterocycles. The van der Waals surface area contributed by atoms with Crippen LogP contribution in [0.2, 0.25) is 0 Å². The summed E-state index contributed by atoms with van der Waals surface area (Å²) in [6, 6.07) is 7.98. The largest absolute Gasteiger partial charge is 0.380 e. The molecule has 1 aromatic heterocycles. The zero-order valence-electron chi connectivity index (χ0n) is 9.88. The lowest BCUT2D eigenvalue weighted by atomic mass is 10.2. The molecule has 0 saturated carbocycles. The first-order valence-corrected chi connectivity index (χ1v) is 7.16. The summed E-state index contributed by atoms with van der Waals surface area (Å²) in [4.78, 5) is 0. The van der Waals surface area contributed by atoms with Crippen LogP contribution >= 0.6 is 0 Å². The molecule has 2 rings (SSSR count). The zero-order valence-corrected chi connectivity index (χ0v) is 10.7. The molecular formula is C12H15N3OS. The van der Waals surface area contributed by atoms with E-state index in [-0.39, 0.29) is 6.04 Å². The van der Waals surface area contributed by atoms with E-state index in [9.17, 15) is 4.21 Å². The molecule has 90 valence electrons. The minimum Gasteiger partial charge on any atom is -0.380 e. The topological polar surface area (TPSA) is 54.9 Å². The van der Waals surface area contributed by atoms with Gasteiger partial charge < -0.3 is 5.32 Å². The maximum absolute atomic E-state index is 11.2. The van der Waals surface area contributed by atoms with Crippen LogP contribution in [0.3, 0.4) is 0 Å². The molecule has 2 aromatic rings. The van der Waals surface area contributed by atoms with E-state index in [4.69, 9.17) is 0 Å². The van der Waals surface area contributed by atoms with Crippen molar-refractivity contribution in [1.82, 2.24) is 10.2 Å². The fourth-order valence-corrected chi connectivity index (χ4v) is 2.57.